The van der Waals surface area contributed by atoms with E-state index >= 15 is 0 Å². The zero-order valence-electron chi connectivity index (χ0n) is 14.4. The first kappa shape index (κ1) is 15.4. The van der Waals surface area contributed by atoms with Crippen LogP contribution in [0.15, 0.2) is 91.0 Å². The van der Waals surface area contributed by atoms with E-state index in [1.165, 1.54) is 17.5 Å². The molecule has 1 saturated carbocycles. The van der Waals surface area contributed by atoms with E-state index in [-0.39, 0.29) is 5.41 Å². The minimum atomic E-state index is -1.55. The molecule has 1 heteroatoms. The Kier molecular flexibility index (Phi) is 3.69. The third-order valence-electron chi connectivity index (χ3n) is 5.93. The summed E-state index contributed by atoms with van der Waals surface area (Å²) in [5.74, 6) is 0. The van der Waals surface area contributed by atoms with E-state index < -0.39 is 8.07 Å². The maximum Gasteiger partial charge on any atom is 0.0849 e. The van der Waals surface area contributed by atoms with Crippen LogP contribution in [0.1, 0.15) is 17.5 Å². The van der Waals surface area contributed by atoms with Crippen LogP contribution in [-0.4, -0.2) is 8.07 Å². The summed E-state index contributed by atoms with van der Waals surface area (Å²) >= 11 is 0. The van der Waals surface area contributed by atoms with Crippen LogP contribution in [0.5, 0.6) is 0 Å². The molecule has 0 nitrogen and oxygen atoms in total. The average molecular weight is 329 g/mol. The van der Waals surface area contributed by atoms with Gasteiger partial charge in [0.1, 0.15) is 0 Å². The van der Waals surface area contributed by atoms with Gasteiger partial charge in [0.15, 0.2) is 0 Å². The van der Waals surface area contributed by atoms with Crippen LogP contribution in [-0.2, 0) is 5.41 Å². The molecule has 1 aliphatic carbocycles. The molecule has 0 saturated heterocycles. The monoisotopic (exact) mass is 328 g/mol. The van der Waals surface area contributed by atoms with Crippen molar-refractivity contribution in [3.05, 3.63) is 102 Å². The highest BCUT2D eigenvalue weighted by Gasteiger charge is 2.62. The molecule has 0 radical (unpaired) electrons. The van der Waals surface area contributed by atoms with Gasteiger partial charge in [0, 0.05) is 5.41 Å². The summed E-state index contributed by atoms with van der Waals surface area (Å²) in [6, 6.07) is 33.5. The minimum Gasteiger partial charge on any atom is -0.0652 e. The molecule has 1 aliphatic rings. The first-order valence-electron chi connectivity index (χ1n) is 8.82. The molecule has 0 unspecified atom stereocenters. The van der Waals surface area contributed by atoms with E-state index in [4.69, 9.17) is 0 Å². The Hall–Kier alpha value is -2.12. The Bertz CT molecular complexity index is 767. The summed E-state index contributed by atoms with van der Waals surface area (Å²) < 4.78 is 0. The summed E-state index contributed by atoms with van der Waals surface area (Å²) in [5, 5.41) is 1.57. The number of hydrogen-bond donors (Lipinski definition) is 0. The zero-order chi connectivity index (χ0) is 16.6. The highest BCUT2D eigenvalue weighted by molar-refractivity contribution is 6.92. The van der Waals surface area contributed by atoms with E-state index in [0.29, 0.717) is 0 Å². The van der Waals surface area contributed by atoms with E-state index in [0.717, 1.165) is 5.54 Å². The fourth-order valence-corrected chi connectivity index (χ4v) is 8.33. The summed E-state index contributed by atoms with van der Waals surface area (Å²) in [6.45, 7) is 5.08. The largest absolute Gasteiger partial charge is 0.0849 e. The van der Waals surface area contributed by atoms with Crippen LogP contribution in [0.25, 0.3) is 0 Å². The number of hydrogen-bond acceptors (Lipinski definition) is 0. The normalized spacial score (nSPS) is 19.0. The Labute approximate surface area is 146 Å². The van der Waals surface area contributed by atoms with Crippen LogP contribution >= 0.6 is 0 Å². The highest BCUT2D eigenvalue weighted by Crippen LogP contribution is 2.66. The Balaban J connectivity index is 1.81. The third-order valence-corrected chi connectivity index (χ3v) is 10.2. The van der Waals surface area contributed by atoms with E-state index in [1.54, 1.807) is 5.19 Å². The van der Waals surface area contributed by atoms with Crippen LogP contribution in [0.2, 0.25) is 18.6 Å². The summed E-state index contributed by atoms with van der Waals surface area (Å²) in [5.41, 5.74) is 3.92. The van der Waals surface area contributed by atoms with E-state index in [2.05, 4.69) is 104 Å². The van der Waals surface area contributed by atoms with Gasteiger partial charge in [0.2, 0.25) is 0 Å². The quantitative estimate of drug-likeness (QED) is 0.565. The smallest absolute Gasteiger partial charge is 0.0652 e. The second kappa shape index (κ2) is 5.75. The lowest BCUT2D eigenvalue weighted by Crippen LogP contribution is -2.44. The van der Waals surface area contributed by atoms with E-state index in [1.807, 2.05) is 0 Å². The van der Waals surface area contributed by atoms with Crippen molar-refractivity contribution in [2.75, 3.05) is 0 Å². The SMILES string of the molecule is C[Si](C)(c1ccccc1)[C@H]1CC1(c1ccccc1)c1ccccc1. The van der Waals surface area contributed by atoms with Crippen molar-refractivity contribution in [2.24, 2.45) is 0 Å². The molecule has 0 aliphatic heterocycles. The molecule has 3 aromatic rings. The van der Waals surface area contributed by atoms with Crippen LogP contribution in [0.4, 0.5) is 0 Å². The van der Waals surface area contributed by atoms with Crippen molar-refractivity contribution in [3.63, 3.8) is 0 Å². The Morgan fingerprint density at radius 3 is 1.54 bits per heavy atom. The summed E-state index contributed by atoms with van der Waals surface area (Å²) in [7, 11) is -1.55. The van der Waals surface area contributed by atoms with Gasteiger partial charge in [0.05, 0.1) is 8.07 Å². The van der Waals surface area contributed by atoms with Crippen molar-refractivity contribution in [1.29, 1.82) is 0 Å². The molecule has 1 atom stereocenters. The lowest BCUT2D eigenvalue weighted by molar-refractivity contribution is 0.839. The van der Waals surface area contributed by atoms with Crippen LogP contribution in [0.3, 0.4) is 0 Å². The van der Waals surface area contributed by atoms with Crippen LogP contribution < -0.4 is 5.19 Å². The van der Waals surface area contributed by atoms with Crippen molar-refractivity contribution in [3.8, 4) is 0 Å². The predicted octanol–water partition coefficient (Wildman–Crippen LogP) is 5.36. The molecule has 3 aromatic carbocycles. The molecule has 24 heavy (non-hydrogen) atoms. The summed E-state index contributed by atoms with van der Waals surface area (Å²) in [4.78, 5) is 0. The van der Waals surface area contributed by atoms with Gasteiger partial charge in [-0.25, -0.2) is 0 Å². The van der Waals surface area contributed by atoms with Gasteiger partial charge < -0.3 is 0 Å². The summed E-state index contributed by atoms with van der Waals surface area (Å²) in [6.07, 6.45) is 1.27. The maximum atomic E-state index is 2.54. The molecule has 0 spiro atoms. The first-order chi connectivity index (χ1) is 11.7. The van der Waals surface area contributed by atoms with Crippen molar-refractivity contribution < 1.29 is 0 Å². The molecule has 0 amide bonds. The Morgan fingerprint density at radius 2 is 1.08 bits per heavy atom. The molecule has 120 valence electrons. The second-order valence-electron chi connectivity index (χ2n) is 7.55. The highest BCUT2D eigenvalue weighted by atomic mass is 28.3. The maximum absolute atomic E-state index is 2.54. The van der Waals surface area contributed by atoms with Gasteiger partial charge in [-0.2, -0.15) is 0 Å². The minimum absolute atomic E-state index is 0.202. The van der Waals surface area contributed by atoms with E-state index in [9.17, 15) is 0 Å². The third kappa shape index (κ3) is 2.35. The van der Waals surface area contributed by atoms with Gasteiger partial charge in [-0.1, -0.05) is 109 Å². The first-order valence-corrected chi connectivity index (χ1v) is 11.9. The average Bonchev–Trinajstić information content (AvgIpc) is 3.42. The molecule has 0 aromatic heterocycles. The van der Waals surface area contributed by atoms with Crippen molar-refractivity contribution >= 4 is 13.3 Å². The standard InChI is InChI=1S/C23H24Si/c1-24(2,21-16-10-5-11-17-21)22-18-23(22,19-12-6-3-7-13-19)20-14-8-4-9-15-20/h3-17,22H,18H2,1-2H3/t22-/m0/s1. The molecule has 0 bridgehead atoms. The number of rotatable bonds is 4. The lowest BCUT2D eigenvalue weighted by Gasteiger charge is -2.29. The molecule has 4 rings (SSSR count). The van der Waals surface area contributed by atoms with Gasteiger partial charge in [-0.05, 0) is 23.1 Å². The van der Waals surface area contributed by atoms with Crippen molar-refractivity contribution in [1.82, 2.24) is 0 Å². The Morgan fingerprint density at radius 1 is 0.667 bits per heavy atom. The molecular formula is C23H24Si. The molecule has 1 fully saturated rings. The molecule has 0 heterocycles. The predicted molar refractivity (Wildman–Crippen MR) is 106 cm³/mol. The second-order valence-corrected chi connectivity index (χ2v) is 12.3. The van der Waals surface area contributed by atoms with Gasteiger partial charge in [-0.3, -0.25) is 0 Å². The topological polar surface area (TPSA) is 0 Å². The number of benzene rings is 3. The molecular weight excluding hydrogens is 304 g/mol. The zero-order valence-corrected chi connectivity index (χ0v) is 15.4. The van der Waals surface area contributed by atoms with Crippen LogP contribution in [0, 0.1) is 0 Å². The fraction of sp³-hybridized carbons (Fsp3) is 0.217. The molecule has 0 N–H and O–H groups in total. The fourth-order valence-electron chi connectivity index (χ4n) is 4.48. The van der Waals surface area contributed by atoms with Gasteiger partial charge in [-0.15, -0.1) is 0 Å². The van der Waals surface area contributed by atoms with Gasteiger partial charge >= 0.3 is 0 Å². The van der Waals surface area contributed by atoms with Gasteiger partial charge in [0.25, 0.3) is 0 Å². The lowest BCUT2D eigenvalue weighted by atomic mass is 9.88. The van der Waals surface area contributed by atoms with Crippen molar-refractivity contribution in [2.45, 2.75) is 30.5 Å².